The number of fused-ring (bicyclic) bond motifs is 4. The van der Waals surface area contributed by atoms with Crippen molar-refractivity contribution in [3.05, 3.63) is 95.1 Å². The minimum atomic E-state index is -1.00. The molecule has 1 aliphatic carbocycles. The van der Waals surface area contributed by atoms with Gasteiger partial charge in [0.25, 0.3) is 11.8 Å². The van der Waals surface area contributed by atoms with Gasteiger partial charge in [-0.15, -0.1) is 0 Å². The van der Waals surface area contributed by atoms with Gasteiger partial charge in [0, 0.05) is 19.1 Å². The summed E-state index contributed by atoms with van der Waals surface area (Å²) in [6.45, 7) is 0.778. The van der Waals surface area contributed by atoms with Crippen LogP contribution >= 0.6 is 0 Å². The number of hydrogen-bond acceptors (Lipinski definition) is 7. The van der Waals surface area contributed by atoms with Gasteiger partial charge in [-0.25, -0.2) is 9.59 Å². The van der Waals surface area contributed by atoms with Crippen LogP contribution in [-0.4, -0.2) is 54.3 Å². The number of nitrogens with zero attached hydrogens (tertiary/aromatic N) is 1. The number of ether oxygens (including phenoxy) is 2. The first-order valence-electron chi connectivity index (χ1n) is 12.9. The third-order valence-electron chi connectivity index (χ3n) is 7.59. The van der Waals surface area contributed by atoms with Crippen LogP contribution in [0.3, 0.4) is 0 Å². The van der Waals surface area contributed by atoms with E-state index in [1.807, 2.05) is 36.4 Å². The Labute approximate surface area is 224 Å². The van der Waals surface area contributed by atoms with E-state index in [-0.39, 0.29) is 30.1 Å². The highest BCUT2D eigenvalue weighted by atomic mass is 16.7. The van der Waals surface area contributed by atoms with E-state index in [0.717, 1.165) is 22.3 Å². The number of amides is 3. The summed E-state index contributed by atoms with van der Waals surface area (Å²) in [5, 5.41) is 3.35. The van der Waals surface area contributed by atoms with Gasteiger partial charge in [0.05, 0.1) is 23.1 Å². The van der Waals surface area contributed by atoms with Crippen LogP contribution in [0, 0.1) is 0 Å². The average molecular weight is 527 g/mol. The van der Waals surface area contributed by atoms with Crippen LogP contribution in [0.5, 0.6) is 0 Å². The summed E-state index contributed by atoms with van der Waals surface area (Å²) in [6, 6.07) is 22.4. The molecule has 3 aliphatic rings. The van der Waals surface area contributed by atoms with E-state index < -0.39 is 29.4 Å². The van der Waals surface area contributed by atoms with E-state index in [9.17, 15) is 19.2 Å². The number of rotatable bonds is 6. The fraction of sp³-hybridized carbons (Fsp3) is 0.267. The van der Waals surface area contributed by atoms with Gasteiger partial charge in [0.15, 0.2) is 0 Å². The monoisotopic (exact) mass is 526 g/mol. The van der Waals surface area contributed by atoms with E-state index in [0.29, 0.717) is 31.1 Å². The second-order valence-electron chi connectivity index (χ2n) is 9.93. The van der Waals surface area contributed by atoms with Gasteiger partial charge in [-0.3, -0.25) is 9.59 Å². The zero-order valence-corrected chi connectivity index (χ0v) is 21.1. The number of carbonyl (C=O) groups is 4. The predicted molar refractivity (Wildman–Crippen MR) is 139 cm³/mol. The second-order valence-corrected chi connectivity index (χ2v) is 9.93. The van der Waals surface area contributed by atoms with Crippen molar-refractivity contribution >= 4 is 23.9 Å². The largest absolute Gasteiger partial charge is 0.449 e. The molecule has 39 heavy (non-hydrogen) atoms. The molecule has 1 fully saturated rings. The van der Waals surface area contributed by atoms with Crippen LogP contribution in [0.1, 0.15) is 57.0 Å². The fourth-order valence-electron chi connectivity index (χ4n) is 5.62. The highest BCUT2D eigenvalue weighted by Gasteiger charge is 2.42. The van der Waals surface area contributed by atoms with Crippen molar-refractivity contribution < 1.29 is 33.5 Å². The van der Waals surface area contributed by atoms with Gasteiger partial charge in [0.1, 0.15) is 6.61 Å². The maximum Gasteiger partial charge on any atom is 0.407 e. The first-order valence-corrected chi connectivity index (χ1v) is 12.9. The van der Waals surface area contributed by atoms with Crippen molar-refractivity contribution in [2.75, 3.05) is 19.8 Å². The molecular weight excluding hydrogens is 500 g/mol. The van der Waals surface area contributed by atoms with Crippen molar-refractivity contribution in [3.63, 3.8) is 0 Å². The Morgan fingerprint density at radius 3 is 1.90 bits per heavy atom. The minimum Gasteiger partial charge on any atom is -0.449 e. The summed E-state index contributed by atoms with van der Waals surface area (Å²) < 4.78 is 11.2. The van der Waals surface area contributed by atoms with Crippen LogP contribution in [0.25, 0.3) is 11.1 Å². The smallest absolute Gasteiger partial charge is 0.407 e. The van der Waals surface area contributed by atoms with Gasteiger partial charge < -0.3 is 19.6 Å². The van der Waals surface area contributed by atoms with Crippen molar-refractivity contribution in [2.45, 2.75) is 30.7 Å². The maximum atomic E-state index is 13.0. The molecule has 2 aliphatic heterocycles. The van der Waals surface area contributed by atoms with Gasteiger partial charge in [-0.05, 0) is 47.2 Å². The van der Waals surface area contributed by atoms with Crippen LogP contribution in [0.2, 0.25) is 0 Å². The Morgan fingerprint density at radius 2 is 1.33 bits per heavy atom. The highest BCUT2D eigenvalue weighted by molar-refractivity contribution is 6.20. The first-order chi connectivity index (χ1) is 19.0. The molecule has 9 heteroatoms. The molecule has 0 atom stereocenters. The molecule has 0 radical (unpaired) electrons. The Hall–Kier alpha value is -4.50. The molecule has 1 N–H and O–H groups in total. The van der Waals surface area contributed by atoms with Gasteiger partial charge in [-0.1, -0.05) is 65.7 Å². The van der Waals surface area contributed by atoms with Crippen LogP contribution in [0.15, 0.2) is 72.8 Å². The third kappa shape index (κ3) is 4.55. The molecule has 0 saturated carbocycles. The molecule has 3 aromatic rings. The van der Waals surface area contributed by atoms with E-state index in [2.05, 4.69) is 17.4 Å². The molecule has 0 bridgehead atoms. The Kier molecular flexibility index (Phi) is 6.36. The van der Waals surface area contributed by atoms with Crippen molar-refractivity contribution in [2.24, 2.45) is 0 Å². The number of hydrogen-bond donors (Lipinski definition) is 1. The van der Waals surface area contributed by atoms with Crippen molar-refractivity contribution in [1.29, 1.82) is 0 Å². The Balaban J connectivity index is 1.12. The Morgan fingerprint density at radius 1 is 0.821 bits per heavy atom. The van der Waals surface area contributed by atoms with Crippen LogP contribution < -0.4 is 5.32 Å². The van der Waals surface area contributed by atoms with E-state index >= 15 is 0 Å². The molecule has 0 spiro atoms. The van der Waals surface area contributed by atoms with Gasteiger partial charge >= 0.3 is 12.1 Å². The minimum absolute atomic E-state index is 0.104. The zero-order valence-electron chi connectivity index (χ0n) is 21.1. The quantitative estimate of drug-likeness (QED) is 0.479. The number of carbonyl (C=O) groups excluding carboxylic acids is 4. The normalized spacial score (nSPS) is 17.3. The van der Waals surface area contributed by atoms with Crippen molar-refractivity contribution in [3.8, 4) is 11.1 Å². The summed E-state index contributed by atoms with van der Waals surface area (Å²) in [6.07, 6.45) is -0.233. The SMILES string of the molecule is O=C(CC1(NC(=O)OCC2c3ccccc3-c3ccccc32)CCOCC1)ON1C(=O)c2ccccc2C1=O. The molecule has 2 heterocycles. The van der Waals surface area contributed by atoms with Crippen LogP contribution in [0.4, 0.5) is 4.79 Å². The lowest BCUT2D eigenvalue weighted by atomic mass is 9.87. The lowest BCUT2D eigenvalue weighted by Gasteiger charge is -2.36. The molecular formula is C30H26N2O7. The molecule has 198 valence electrons. The highest BCUT2D eigenvalue weighted by Crippen LogP contribution is 2.44. The lowest BCUT2D eigenvalue weighted by Crippen LogP contribution is -2.54. The average Bonchev–Trinajstić information content (AvgIpc) is 3.39. The summed E-state index contributed by atoms with van der Waals surface area (Å²) in [5.74, 6) is -2.32. The summed E-state index contributed by atoms with van der Waals surface area (Å²) >= 11 is 0. The molecule has 0 unspecified atom stereocenters. The summed E-state index contributed by atoms with van der Waals surface area (Å²) in [7, 11) is 0. The second kappa shape index (κ2) is 9.99. The summed E-state index contributed by atoms with van der Waals surface area (Å²) in [5.41, 5.74) is 3.78. The third-order valence-corrected chi connectivity index (χ3v) is 7.59. The molecule has 3 amide bonds. The van der Waals surface area contributed by atoms with E-state index in [1.165, 1.54) is 12.1 Å². The van der Waals surface area contributed by atoms with Crippen LogP contribution in [-0.2, 0) is 19.1 Å². The molecule has 0 aromatic heterocycles. The standard InChI is InChI=1S/C30H26N2O7/c33-26(39-32-27(34)23-11-5-6-12-24(23)28(32)35)17-30(13-15-37-16-14-30)31-29(36)38-18-25-21-9-3-1-7-19(21)20-8-2-4-10-22(20)25/h1-12,25H,13-18H2,(H,31,36). The van der Waals surface area contributed by atoms with E-state index in [4.69, 9.17) is 14.3 Å². The van der Waals surface area contributed by atoms with Crippen molar-refractivity contribution in [1.82, 2.24) is 10.4 Å². The maximum absolute atomic E-state index is 13.0. The summed E-state index contributed by atoms with van der Waals surface area (Å²) in [4.78, 5) is 56.4. The lowest BCUT2D eigenvalue weighted by molar-refractivity contribution is -0.171. The zero-order chi connectivity index (χ0) is 27.0. The number of nitrogens with one attached hydrogen (secondary N) is 1. The number of hydroxylamine groups is 2. The van der Waals surface area contributed by atoms with Gasteiger partial charge in [-0.2, -0.15) is 0 Å². The molecule has 9 nitrogen and oxygen atoms in total. The molecule has 3 aromatic carbocycles. The van der Waals surface area contributed by atoms with Gasteiger partial charge in [0.2, 0.25) is 0 Å². The number of benzene rings is 3. The molecule has 6 rings (SSSR count). The number of imide groups is 1. The van der Waals surface area contributed by atoms with E-state index in [1.54, 1.807) is 12.1 Å². The number of alkyl carbamates (subject to hydrolysis) is 1. The first kappa shape index (κ1) is 24.8. The predicted octanol–water partition coefficient (Wildman–Crippen LogP) is 4.22. The Bertz CT molecular complexity index is 1400. The molecule has 1 saturated heterocycles. The fourth-order valence-corrected chi connectivity index (χ4v) is 5.62. The topological polar surface area (TPSA) is 111 Å².